The van der Waals surface area contributed by atoms with Crippen LogP contribution in [0.15, 0.2) is 54.7 Å². The molecule has 1 aliphatic rings. The number of rotatable bonds is 17. The molecule has 0 bridgehead atoms. The normalized spacial score (nSPS) is 13.8. The van der Waals surface area contributed by atoms with Crippen molar-refractivity contribution in [1.29, 1.82) is 0 Å². The van der Waals surface area contributed by atoms with Crippen molar-refractivity contribution in [3.8, 4) is 0 Å². The third kappa shape index (κ3) is 8.65. The Morgan fingerprint density at radius 2 is 1.82 bits per heavy atom. The minimum atomic E-state index is -0.912. The molecule has 3 N–H and O–H groups in total. The number of aromatic amines is 1. The Bertz CT molecular complexity index is 1550. The van der Waals surface area contributed by atoms with Gasteiger partial charge in [0.05, 0.1) is 5.52 Å². The molecule has 2 heterocycles. The molecule has 2 aromatic carbocycles. The van der Waals surface area contributed by atoms with Gasteiger partial charge in [0, 0.05) is 11.1 Å². The van der Waals surface area contributed by atoms with Crippen molar-refractivity contribution in [3.63, 3.8) is 0 Å². The predicted molar refractivity (Wildman–Crippen MR) is 184 cm³/mol. The van der Waals surface area contributed by atoms with Gasteiger partial charge in [-0.2, -0.15) is 0 Å². The van der Waals surface area contributed by atoms with Crippen LogP contribution < -0.4 is 10.2 Å². The molecule has 0 spiro atoms. The number of pyridine rings is 1. The second kappa shape index (κ2) is 16.1. The molecule has 1 amide bonds. The number of H-pyrrole nitrogens is 1. The van der Waals surface area contributed by atoms with Crippen molar-refractivity contribution in [2.45, 2.75) is 89.2 Å². The van der Waals surface area contributed by atoms with Gasteiger partial charge in [0.25, 0.3) is 0 Å². The molecule has 234 valence electrons. The van der Waals surface area contributed by atoms with E-state index in [0.29, 0.717) is 17.0 Å². The molecule has 1 aliphatic carbocycles. The number of nitrogens with zero attached hydrogens (tertiary/aromatic N) is 2. The van der Waals surface area contributed by atoms with E-state index in [9.17, 15) is 14.7 Å². The SMILES string of the molecule is CC(=O)[AsH]CCC(CCCCCCCNc1c2c(nc3ccccc13)CCCC2)CCN(C(=O)O)c1ccc2[nH]ccc2c1. The van der Waals surface area contributed by atoms with Crippen LogP contribution in [0.2, 0.25) is 5.21 Å². The Labute approximate surface area is 267 Å². The quantitative estimate of drug-likeness (QED) is 0.0783. The van der Waals surface area contributed by atoms with Crippen LogP contribution in [0.5, 0.6) is 0 Å². The second-order valence-electron chi connectivity index (χ2n) is 12.2. The number of para-hydroxylation sites is 1. The fraction of sp³-hybridized carbons (Fsp3) is 0.472. The maximum absolute atomic E-state index is 12.2. The Morgan fingerprint density at radius 1 is 1.00 bits per heavy atom. The van der Waals surface area contributed by atoms with E-state index in [0.717, 1.165) is 78.8 Å². The van der Waals surface area contributed by atoms with Crippen molar-refractivity contribution in [2.75, 3.05) is 23.3 Å². The van der Waals surface area contributed by atoms with Crippen LogP contribution in [0.25, 0.3) is 21.8 Å². The van der Waals surface area contributed by atoms with Gasteiger partial charge < -0.3 is 0 Å². The van der Waals surface area contributed by atoms with Gasteiger partial charge in [-0.05, 0) is 37.3 Å². The number of amides is 1. The maximum atomic E-state index is 12.2. The fourth-order valence-electron chi connectivity index (χ4n) is 6.62. The molecular weight excluding hydrogens is 611 g/mol. The number of fused-ring (bicyclic) bond motifs is 3. The summed E-state index contributed by atoms with van der Waals surface area (Å²) >= 11 is -0.555. The van der Waals surface area contributed by atoms with E-state index in [-0.39, 0.29) is 0 Å². The standard InChI is InChI=1S/C36H47AsN4O3/c1-26(42)37-21-18-27(20-24-41(36(43)44)29-16-17-32-28(25-29)19-23-38-32)11-5-3-2-4-10-22-39-35-30-12-6-8-14-33(30)40-34-15-9-7-13-31(34)35/h6,8,12,14,16-17,19,23,25,27,37-38H,2-5,7,9-11,13,15,18,20-22,24H2,1H3,(H,39,40)(H,43,44). The van der Waals surface area contributed by atoms with Crippen molar-refractivity contribution in [3.05, 3.63) is 66.0 Å². The van der Waals surface area contributed by atoms with Gasteiger partial charge in [-0.3, -0.25) is 4.98 Å². The van der Waals surface area contributed by atoms with E-state index in [1.54, 1.807) is 6.92 Å². The van der Waals surface area contributed by atoms with E-state index in [2.05, 4.69) is 34.6 Å². The monoisotopic (exact) mass is 658 g/mol. The van der Waals surface area contributed by atoms with Gasteiger partial charge >= 0.3 is 192 Å². The topological polar surface area (TPSA) is 98.3 Å². The van der Waals surface area contributed by atoms with Crippen molar-refractivity contribution < 1.29 is 14.7 Å². The number of nitrogens with one attached hydrogen (secondary N) is 2. The Kier molecular flexibility index (Phi) is 11.8. The van der Waals surface area contributed by atoms with Crippen LogP contribution >= 0.6 is 0 Å². The first-order chi connectivity index (χ1) is 21.5. The number of aryl methyl sites for hydroxylation is 1. The number of carboxylic acid groups (broad SMARTS) is 1. The van der Waals surface area contributed by atoms with Crippen LogP contribution in [0.4, 0.5) is 16.2 Å². The van der Waals surface area contributed by atoms with E-state index in [4.69, 9.17) is 4.98 Å². The molecule has 0 saturated carbocycles. The number of carbonyl (C=O) groups excluding carboxylic acids is 1. The van der Waals surface area contributed by atoms with E-state index in [1.807, 2.05) is 30.5 Å². The molecule has 0 fully saturated rings. The molecular formula is C36H47AsN4O3. The summed E-state index contributed by atoms with van der Waals surface area (Å²) in [7, 11) is 0. The van der Waals surface area contributed by atoms with Crippen LogP contribution in [0.1, 0.15) is 82.4 Å². The van der Waals surface area contributed by atoms with Crippen molar-refractivity contribution in [2.24, 2.45) is 5.92 Å². The summed E-state index contributed by atoms with van der Waals surface area (Å²) in [4.78, 5) is 33.4. The molecule has 0 radical (unpaired) electrons. The molecule has 5 rings (SSSR count). The Balaban J connectivity index is 1.07. The Morgan fingerprint density at radius 3 is 2.68 bits per heavy atom. The minimum absolute atomic E-state index is 0.351. The molecule has 0 aliphatic heterocycles. The summed E-state index contributed by atoms with van der Waals surface area (Å²) < 4.78 is 0.351. The molecule has 7 nitrogen and oxygen atoms in total. The first-order valence-electron chi connectivity index (χ1n) is 16.5. The summed E-state index contributed by atoms with van der Waals surface area (Å²) in [6.07, 6.45) is 14.5. The summed E-state index contributed by atoms with van der Waals surface area (Å²) in [5.74, 6) is 0.448. The average molecular weight is 659 g/mol. The fourth-order valence-corrected chi connectivity index (χ4v) is 8.52. The molecule has 2 aromatic heterocycles. The van der Waals surface area contributed by atoms with Gasteiger partial charge in [-0.25, -0.2) is 0 Å². The van der Waals surface area contributed by atoms with Crippen molar-refractivity contribution in [1.82, 2.24) is 9.97 Å². The molecule has 0 saturated heterocycles. The van der Waals surface area contributed by atoms with Gasteiger partial charge in [0.1, 0.15) is 0 Å². The average Bonchev–Trinajstić information content (AvgIpc) is 3.49. The van der Waals surface area contributed by atoms with E-state index in [1.165, 1.54) is 59.3 Å². The predicted octanol–water partition coefficient (Wildman–Crippen LogP) is 8.33. The van der Waals surface area contributed by atoms with E-state index < -0.39 is 21.8 Å². The Hall–Kier alpha value is -3.31. The molecule has 2 atom stereocenters. The summed E-state index contributed by atoms with van der Waals surface area (Å²) in [5.41, 5.74) is 6.85. The van der Waals surface area contributed by atoms with Crippen LogP contribution in [0, 0.1) is 5.92 Å². The third-order valence-electron chi connectivity index (χ3n) is 9.03. The second-order valence-corrected chi connectivity index (χ2v) is 15.5. The molecule has 44 heavy (non-hydrogen) atoms. The number of hydrogen-bond donors (Lipinski definition) is 3. The van der Waals surface area contributed by atoms with Crippen LogP contribution in [-0.2, 0) is 17.6 Å². The molecule has 8 heteroatoms. The number of aromatic nitrogens is 2. The number of benzene rings is 2. The third-order valence-corrected chi connectivity index (χ3v) is 11.2. The van der Waals surface area contributed by atoms with Crippen molar-refractivity contribution >= 4 is 59.6 Å². The van der Waals surface area contributed by atoms with Crippen LogP contribution in [-0.4, -0.2) is 54.6 Å². The zero-order valence-corrected chi connectivity index (χ0v) is 28.1. The first-order valence-corrected chi connectivity index (χ1v) is 19.0. The number of anilines is 2. The summed E-state index contributed by atoms with van der Waals surface area (Å²) in [5, 5.41) is 17.0. The number of unbranched alkanes of at least 4 members (excludes halogenated alkanes) is 4. The van der Waals surface area contributed by atoms with Gasteiger partial charge in [-0.1, -0.05) is 18.2 Å². The summed E-state index contributed by atoms with van der Waals surface area (Å²) in [6.45, 7) is 3.17. The van der Waals surface area contributed by atoms with Crippen LogP contribution in [0.3, 0.4) is 0 Å². The summed E-state index contributed by atoms with van der Waals surface area (Å²) in [6, 6.07) is 16.3. The first kappa shape index (κ1) is 32.1. The van der Waals surface area contributed by atoms with E-state index >= 15 is 0 Å². The number of hydrogen-bond acceptors (Lipinski definition) is 4. The number of carbonyl (C=O) groups is 2. The zero-order valence-electron chi connectivity index (χ0n) is 26.0. The zero-order chi connectivity index (χ0) is 30.7. The molecule has 4 aromatic rings. The van der Waals surface area contributed by atoms with Gasteiger partial charge in [0.2, 0.25) is 0 Å². The molecule has 2 unspecified atom stereocenters. The van der Waals surface area contributed by atoms with Gasteiger partial charge in [-0.15, -0.1) is 0 Å². The van der Waals surface area contributed by atoms with Gasteiger partial charge in [0.15, 0.2) is 0 Å².